The van der Waals surface area contributed by atoms with Gasteiger partial charge < -0.3 is 17.7 Å². The molecule has 20 heteroatoms. The van der Waals surface area contributed by atoms with Crippen LogP contribution in [0.4, 0.5) is 24.1 Å². The van der Waals surface area contributed by atoms with Crippen LogP contribution in [0.5, 0.6) is 0 Å². The minimum absolute atomic E-state index is 0.0986. The summed E-state index contributed by atoms with van der Waals surface area (Å²) in [4.78, 5) is 47.1. The number of hydrogen-bond acceptors (Lipinski definition) is 16. The lowest BCUT2D eigenvalue weighted by Gasteiger charge is -2.01. The van der Waals surface area contributed by atoms with Crippen molar-refractivity contribution >= 4 is 47.7 Å². The second kappa shape index (κ2) is 24.2. The van der Waals surface area contributed by atoms with Crippen LogP contribution in [0.3, 0.4) is 0 Å². The Bertz CT molecular complexity index is 2830. The lowest BCUT2D eigenvalue weighted by molar-refractivity contribution is 0.101. The van der Waals surface area contributed by atoms with E-state index in [2.05, 4.69) is 62.1 Å². The average Bonchev–Trinajstić information content (AvgIpc) is 4.15. The fourth-order valence-electron chi connectivity index (χ4n) is 5.46. The maximum absolute atomic E-state index is 11.9. The molecular formula is C46H48N12O8. The van der Waals surface area contributed by atoms with Gasteiger partial charge in [0.1, 0.15) is 0 Å². The molecule has 4 amide bonds. The third-order valence-electron chi connectivity index (χ3n) is 8.59. The summed E-state index contributed by atoms with van der Waals surface area (Å²) in [5.41, 5.74) is 6.37. The van der Waals surface area contributed by atoms with Gasteiger partial charge in [0.25, 0.3) is 23.6 Å². The maximum atomic E-state index is 11.9. The lowest BCUT2D eigenvalue weighted by atomic mass is 10.1. The molecule has 0 fully saturated rings. The molecule has 0 spiro atoms. The number of hydrogen-bond donors (Lipinski definition) is 4. The standard InChI is InChI=1S/C13H15N3O2.C12H13N3O2.C11H11N3O2.C10H9N3O2/c1-3-5-11-15-16-13(18-11)14-12(17)10-7-4-6-9(2)8-10;1-3-10-14-15-12(17-10)13-11(16)9-6-4-5-8(2)7-9;1-7-4-3-5-9(6-7)10(15)12-11-14-13-8(2)16-11;1-7-3-2-4-8(5-7)9(14)12-10-13-11-6-15-10/h4,6-8H,3,5H2,1-2H3,(H,14,16,17);4-7H,3H2,1-2H3,(H,13,15,16);3-6H,1-2H3,(H,12,14,15);2-6H,1H3,(H,12,13,14). The van der Waals surface area contributed by atoms with Crippen molar-refractivity contribution in [3.05, 3.63) is 166 Å². The Morgan fingerprint density at radius 1 is 0.455 bits per heavy atom. The first-order valence-corrected chi connectivity index (χ1v) is 20.5. The predicted octanol–water partition coefficient (Wildman–Crippen LogP) is 8.34. The van der Waals surface area contributed by atoms with E-state index in [1.807, 2.05) is 90.1 Å². The molecule has 0 saturated carbocycles. The number of benzene rings is 4. The second-order valence-corrected chi connectivity index (χ2v) is 14.3. The average molecular weight is 897 g/mol. The van der Waals surface area contributed by atoms with E-state index >= 15 is 0 Å². The van der Waals surface area contributed by atoms with Crippen LogP contribution in [0.2, 0.25) is 0 Å². The maximum Gasteiger partial charge on any atom is 0.322 e. The smallest absolute Gasteiger partial charge is 0.322 e. The van der Waals surface area contributed by atoms with E-state index < -0.39 is 0 Å². The van der Waals surface area contributed by atoms with Crippen molar-refractivity contribution in [2.75, 3.05) is 21.3 Å². The van der Waals surface area contributed by atoms with Crippen LogP contribution in [0.25, 0.3) is 0 Å². The van der Waals surface area contributed by atoms with Crippen molar-refractivity contribution in [3.8, 4) is 0 Å². The number of amides is 4. The second-order valence-electron chi connectivity index (χ2n) is 14.3. The monoisotopic (exact) mass is 896 g/mol. The molecule has 0 radical (unpaired) electrons. The van der Waals surface area contributed by atoms with Crippen molar-refractivity contribution in [1.82, 2.24) is 40.8 Å². The van der Waals surface area contributed by atoms with Crippen LogP contribution in [0, 0.1) is 34.6 Å². The molecule has 0 unspecified atom stereocenters. The van der Waals surface area contributed by atoms with E-state index in [1.165, 1.54) is 0 Å². The first-order valence-electron chi connectivity index (χ1n) is 20.5. The zero-order valence-electron chi connectivity index (χ0n) is 37.3. The topological polar surface area (TPSA) is 272 Å². The molecule has 66 heavy (non-hydrogen) atoms. The van der Waals surface area contributed by atoms with E-state index in [0.717, 1.165) is 35.1 Å². The van der Waals surface area contributed by atoms with Crippen LogP contribution < -0.4 is 21.3 Å². The molecule has 8 aromatic rings. The minimum atomic E-state index is -0.261. The molecule has 0 aliphatic heterocycles. The number of aryl methyl sites for hydroxylation is 7. The Morgan fingerprint density at radius 3 is 1.17 bits per heavy atom. The molecule has 0 atom stereocenters. The van der Waals surface area contributed by atoms with E-state index in [1.54, 1.807) is 55.5 Å². The van der Waals surface area contributed by atoms with Crippen molar-refractivity contribution in [3.63, 3.8) is 0 Å². The van der Waals surface area contributed by atoms with Gasteiger partial charge in [-0.2, -0.15) is 0 Å². The third kappa shape index (κ3) is 15.6. The summed E-state index contributed by atoms with van der Waals surface area (Å²) in [5.74, 6) is 0.446. The number of carbonyl (C=O) groups is 4. The highest BCUT2D eigenvalue weighted by Crippen LogP contribution is 2.13. The van der Waals surface area contributed by atoms with Gasteiger partial charge in [0.15, 0.2) is 0 Å². The normalized spacial score (nSPS) is 10.2. The van der Waals surface area contributed by atoms with Crippen LogP contribution in [-0.2, 0) is 12.8 Å². The van der Waals surface area contributed by atoms with E-state index in [4.69, 9.17) is 17.7 Å². The number of anilines is 4. The number of nitrogens with zero attached hydrogens (tertiary/aromatic N) is 8. The first kappa shape index (κ1) is 48.4. The highest BCUT2D eigenvalue weighted by atomic mass is 16.4. The summed E-state index contributed by atoms with van der Waals surface area (Å²) in [6, 6.07) is 29.6. The van der Waals surface area contributed by atoms with Crippen molar-refractivity contribution < 1.29 is 36.8 Å². The SMILES string of the molecule is CCCc1nnc(NC(=O)c2cccc(C)c2)o1.CCc1nnc(NC(=O)c2cccc(C)c2)o1.Cc1cccc(C(=O)Nc2nnc(C)o2)c1.Cc1cccc(C(=O)Nc2nnco2)c1. The fraction of sp³-hybridized carbons (Fsp3) is 0.217. The van der Waals surface area contributed by atoms with E-state index in [9.17, 15) is 19.2 Å². The molecular weight excluding hydrogens is 849 g/mol. The van der Waals surface area contributed by atoms with Gasteiger partial charge in [-0.25, -0.2) is 0 Å². The third-order valence-corrected chi connectivity index (χ3v) is 8.59. The zero-order chi connectivity index (χ0) is 47.4. The van der Waals surface area contributed by atoms with Crippen LogP contribution >= 0.6 is 0 Å². The summed E-state index contributed by atoms with van der Waals surface area (Å²) >= 11 is 0. The van der Waals surface area contributed by atoms with Gasteiger partial charge in [0, 0.05) is 42.0 Å². The number of nitrogens with one attached hydrogen (secondary N) is 4. The minimum Gasteiger partial charge on any atom is -0.411 e. The first-order chi connectivity index (χ1) is 31.8. The van der Waals surface area contributed by atoms with Gasteiger partial charge in [-0.3, -0.25) is 40.4 Å². The molecule has 20 nitrogen and oxygen atoms in total. The predicted molar refractivity (Wildman–Crippen MR) is 242 cm³/mol. The van der Waals surface area contributed by atoms with Crippen LogP contribution in [-0.4, -0.2) is 64.4 Å². The Morgan fingerprint density at radius 2 is 0.833 bits per heavy atom. The molecule has 4 heterocycles. The number of carbonyl (C=O) groups excluding carboxylic acids is 4. The highest BCUT2D eigenvalue weighted by molar-refractivity contribution is 6.04. The fourth-order valence-corrected chi connectivity index (χ4v) is 5.46. The largest absolute Gasteiger partial charge is 0.411 e. The van der Waals surface area contributed by atoms with Gasteiger partial charge in [-0.15, -0.1) is 20.4 Å². The summed E-state index contributed by atoms with van der Waals surface area (Å²) in [7, 11) is 0. The quantitative estimate of drug-likeness (QED) is 0.0949. The molecule has 0 aliphatic rings. The van der Waals surface area contributed by atoms with Crippen molar-refractivity contribution in [2.24, 2.45) is 0 Å². The Labute approximate surface area is 379 Å². The van der Waals surface area contributed by atoms with Crippen LogP contribution in [0.15, 0.2) is 121 Å². The molecule has 4 aromatic carbocycles. The van der Waals surface area contributed by atoms with Gasteiger partial charge in [0.05, 0.1) is 0 Å². The lowest BCUT2D eigenvalue weighted by Crippen LogP contribution is -2.12. The van der Waals surface area contributed by atoms with Gasteiger partial charge in [-0.05, 0) is 82.6 Å². The van der Waals surface area contributed by atoms with Gasteiger partial charge in [-0.1, -0.05) is 105 Å². The van der Waals surface area contributed by atoms with Gasteiger partial charge >= 0.3 is 24.1 Å². The molecule has 8 rings (SSSR count). The van der Waals surface area contributed by atoms with E-state index in [0.29, 0.717) is 52.8 Å². The van der Waals surface area contributed by atoms with Crippen molar-refractivity contribution in [1.29, 1.82) is 0 Å². The zero-order valence-corrected chi connectivity index (χ0v) is 37.3. The summed E-state index contributed by atoms with van der Waals surface area (Å²) < 4.78 is 20.3. The molecule has 0 aliphatic carbocycles. The van der Waals surface area contributed by atoms with Crippen LogP contribution in [0.1, 0.15) is 102 Å². The Balaban J connectivity index is 0.000000165. The molecule has 0 bridgehead atoms. The summed E-state index contributed by atoms with van der Waals surface area (Å²) in [6.07, 6.45) is 3.44. The highest BCUT2D eigenvalue weighted by Gasteiger charge is 2.13. The van der Waals surface area contributed by atoms with Crippen molar-refractivity contribution in [2.45, 2.75) is 67.7 Å². The Kier molecular flexibility index (Phi) is 17.8. The molecule has 340 valence electrons. The number of rotatable bonds is 11. The summed E-state index contributed by atoms with van der Waals surface area (Å²) in [6.45, 7) is 13.3. The molecule has 4 aromatic heterocycles. The van der Waals surface area contributed by atoms with Gasteiger partial charge in [0.2, 0.25) is 24.1 Å². The molecule has 4 N–H and O–H groups in total. The Hall–Kier alpha value is -8.68. The van der Waals surface area contributed by atoms with E-state index in [-0.39, 0.29) is 47.7 Å². The molecule has 0 saturated heterocycles. The summed E-state index contributed by atoms with van der Waals surface area (Å²) in [5, 5.41) is 39.6. The number of aromatic nitrogens is 8.